The van der Waals surface area contributed by atoms with Crippen LogP contribution in [0.4, 0.5) is 0 Å². The number of aromatic nitrogens is 4. The van der Waals surface area contributed by atoms with Crippen LogP contribution in [0.1, 0.15) is 11.3 Å². The average molecular weight is 725 g/mol. The van der Waals surface area contributed by atoms with Crippen molar-refractivity contribution in [2.75, 3.05) is 0 Å². The number of hydrogen-bond donors (Lipinski definition) is 0. The normalized spacial score (nSPS) is 12.5. The number of para-hydroxylation sites is 2. The quantitative estimate of drug-likeness (QED) is 0.170. The molecule has 57 heavy (non-hydrogen) atoms. The van der Waals surface area contributed by atoms with E-state index in [0.29, 0.717) is 5.95 Å². The van der Waals surface area contributed by atoms with Crippen LogP contribution in [0.3, 0.4) is 0 Å². The molecule has 1 aliphatic carbocycles. The Morgan fingerprint density at radius 2 is 1.00 bits per heavy atom. The van der Waals surface area contributed by atoms with E-state index in [-0.39, 0.29) is 0 Å². The molecule has 13 rings (SSSR count). The molecule has 4 heteroatoms. The molecule has 0 saturated carbocycles. The Hall–Kier alpha value is -7.56. The van der Waals surface area contributed by atoms with Gasteiger partial charge in [-0.25, -0.2) is 9.97 Å². The van der Waals surface area contributed by atoms with Crippen LogP contribution >= 0.6 is 0 Å². The highest BCUT2D eigenvalue weighted by atomic mass is 15.2. The predicted octanol–water partition coefficient (Wildman–Crippen LogP) is 13.4. The van der Waals surface area contributed by atoms with Crippen LogP contribution in [0.5, 0.6) is 0 Å². The van der Waals surface area contributed by atoms with E-state index in [0.717, 1.165) is 45.7 Å². The van der Waals surface area contributed by atoms with Crippen molar-refractivity contribution >= 4 is 75.9 Å². The second-order valence-corrected chi connectivity index (χ2v) is 15.3. The van der Waals surface area contributed by atoms with Crippen LogP contribution < -0.4 is 0 Å². The molecule has 0 unspecified atom stereocenters. The molecule has 0 spiro atoms. The van der Waals surface area contributed by atoms with Crippen molar-refractivity contribution < 1.29 is 0 Å². The average Bonchev–Trinajstić information content (AvgIpc) is 3.93. The second kappa shape index (κ2) is 11.5. The summed E-state index contributed by atoms with van der Waals surface area (Å²) < 4.78 is 4.72. The van der Waals surface area contributed by atoms with Crippen molar-refractivity contribution in [2.24, 2.45) is 0 Å². The van der Waals surface area contributed by atoms with Gasteiger partial charge in [-0.05, 0) is 85.9 Å². The summed E-state index contributed by atoms with van der Waals surface area (Å²) >= 11 is 0. The number of rotatable bonds is 3. The first-order valence-corrected chi connectivity index (χ1v) is 19.6. The molecule has 3 heterocycles. The van der Waals surface area contributed by atoms with Gasteiger partial charge in [0.15, 0.2) is 0 Å². The van der Waals surface area contributed by atoms with E-state index < -0.39 is 0 Å². The highest BCUT2D eigenvalue weighted by Crippen LogP contribution is 2.46. The molecule has 0 radical (unpaired) electrons. The third kappa shape index (κ3) is 4.27. The number of nitrogens with zero attached hydrogens (tertiary/aromatic N) is 4. The predicted molar refractivity (Wildman–Crippen MR) is 237 cm³/mol. The summed E-state index contributed by atoms with van der Waals surface area (Å²) in [5.41, 5.74) is 12.5. The van der Waals surface area contributed by atoms with Crippen molar-refractivity contribution in [2.45, 2.75) is 6.42 Å². The molecule has 12 aromatic rings. The molecular weight excluding hydrogens is 693 g/mol. The van der Waals surface area contributed by atoms with E-state index in [1.54, 1.807) is 0 Å². The Labute approximate surface area is 327 Å². The maximum Gasteiger partial charge on any atom is 0.235 e. The van der Waals surface area contributed by atoms with Gasteiger partial charge < -0.3 is 4.57 Å². The fourth-order valence-corrected chi connectivity index (χ4v) is 9.88. The molecular formula is C53H32N4. The Morgan fingerprint density at radius 1 is 0.386 bits per heavy atom. The SMILES string of the molecule is c1ccc2c(c1)Cc1nc(-n3c4ccc(-n5c6ccccc6c6ccccc65)cc4c4c5ccccc5ccc43)nc(-c3cc4ccccc4c4ccccc34)c1-2. The molecule has 264 valence electrons. The summed E-state index contributed by atoms with van der Waals surface area (Å²) in [5.74, 6) is 0.689. The molecule has 0 saturated heterocycles. The standard InChI is InChI=1S/C53H32N4/c1-5-17-37-32(13-1)25-27-49-50(37)44-31-35(56-46-23-11-9-21-41(46)42-22-10-12-24-47(42)56)26-28-48(44)57(49)53-54-45-30-34-15-3-6-18-38(34)51(45)52(55-53)43-29-33-14-2-4-16-36(33)39-19-7-8-20-40(39)43/h1-29,31H,30H2. The van der Waals surface area contributed by atoms with Gasteiger partial charge in [0.05, 0.1) is 33.5 Å². The summed E-state index contributed by atoms with van der Waals surface area (Å²) in [5, 5.41) is 12.2. The van der Waals surface area contributed by atoms with Crippen LogP contribution in [0.25, 0.3) is 110 Å². The Morgan fingerprint density at radius 3 is 1.81 bits per heavy atom. The molecule has 0 atom stereocenters. The maximum absolute atomic E-state index is 5.69. The Bertz CT molecular complexity index is 3630. The molecule has 3 aromatic heterocycles. The zero-order chi connectivity index (χ0) is 37.2. The monoisotopic (exact) mass is 724 g/mol. The summed E-state index contributed by atoms with van der Waals surface area (Å²) in [6, 6.07) is 66.1. The van der Waals surface area contributed by atoms with Gasteiger partial charge in [0.1, 0.15) is 0 Å². The van der Waals surface area contributed by atoms with Gasteiger partial charge >= 0.3 is 0 Å². The van der Waals surface area contributed by atoms with Gasteiger partial charge in [-0.2, -0.15) is 0 Å². The van der Waals surface area contributed by atoms with Crippen LogP contribution in [0.15, 0.2) is 182 Å². The molecule has 0 amide bonds. The molecule has 0 N–H and O–H groups in total. The topological polar surface area (TPSA) is 35.6 Å². The largest absolute Gasteiger partial charge is 0.309 e. The minimum Gasteiger partial charge on any atom is -0.309 e. The number of hydrogen-bond acceptors (Lipinski definition) is 2. The lowest BCUT2D eigenvalue weighted by molar-refractivity contribution is 0.958. The Balaban J connectivity index is 1.14. The molecule has 1 aliphatic rings. The first kappa shape index (κ1) is 30.7. The first-order chi connectivity index (χ1) is 28.3. The highest BCUT2D eigenvalue weighted by Gasteiger charge is 2.28. The third-order valence-corrected chi connectivity index (χ3v) is 12.3. The van der Waals surface area contributed by atoms with Crippen molar-refractivity contribution in [1.29, 1.82) is 0 Å². The van der Waals surface area contributed by atoms with Gasteiger partial charge in [-0.15, -0.1) is 0 Å². The lowest BCUT2D eigenvalue weighted by atomic mass is 9.92. The van der Waals surface area contributed by atoms with Gasteiger partial charge in [0, 0.05) is 44.8 Å². The highest BCUT2D eigenvalue weighted by molar-refractivity contribution is 6.22. The van der Waals surface area contributed by atoms with E-state index in [4.69, 9.17) is 9.97 Å². The molecule has 0 bridgehead atoms. The third-order valence-electron chi connectivity index (χ3n) is 12.3. The fourth-order valence-electron chi connectivity index (χ4n) is 9.88. The van der Waals surface area contributed by atoms with E-state index in [1.165, 1.54) is 76.0 Å². The second-order valence-electron chi connectivity index (χ2n) is 15.3. The zero-order valence-corrected chi connectivity index (χ0v) is 30.8. The number of benzene rings is 9. The van der Waals surface area contributed by atoms with E-state index in [1.807, 2.05) is 0 Å². The zero-order valence-electron chi connectivity index (χ0n) is 30.8. The minimum absolute atomic E-state index is 0.689. The number of fused-ring (bicyclic) bond motifs is 14. The van der Waals surface area contributed by atoms with E-state index >= 15 is 0 Å². The summed E-state index contributed by atoms with van der Waals surface area (Å²) in [6.45, 7) is 0. The van der Waals surface area contributed by atoms with Crippen molar-refractivity contribution in [3.8, 4) is 34.0 Å². The lowest BCUT2D eigenvalue weighted by Gasteiger charge is -2.16. The van der Waals surface area contributed by atoms with Crippen LogP contribution in [-0.4, -0.2) is 19.1 Å². The maximum atomic E-state index is 5.69. The van der Waals surface area contributed by atoms with E-state index in [9.17, 15) is 0 Å². The van der Waals surface area contributed by atoms with Crippen LogP contribution in [0, 0.1) is 0 Å². The van der Waals surface area contributed by atoms with Gasteiger partial charge in [-0.3, -0.25) is 4.57 Å². The molecule has 0 fully saturated rings. The fraction of sp³-hybridized carbons (Fsp3) is 0.0189. The molecule has 0 aliphatic heterocycles. The van der Waals surface area contributed by atoms with Gasteiger partial charge in [0.2, 0.25) is 5.95 Å². The van der Waals surface area contributed by atoms with Crippen molar-refractivity contribution in [3.05, 3.63) is 193 Å². The summed E-state index contributed by atoms with van der Waals surface area (Å²) in [4.78, 5) is 11.2. The van der Waals surface area contributed by atoms with Crippen LogP contribution in [0.2, 0.25) is 0 Å². The van der Waals surface area contributed by atoms with Gasteiger partial charge in [-0.1, -0.05) is 140 Å². The minimum atomic E-state index is 0.689. The smallest absolute Gasteiger partial charge is 0.235 e. The van der Waals surface area contributed by atoms with E-state index in [2.05, 4.69) is 191 Å². The van der Waals surface area contributed by atoms with Gasteiger partial charge in [0.25, 0.3) is 0 Å². The van der Waals surface area contributed by atoms with Crippen molar-refractivity contribution in [3.63, 3.8) is 0 Å². The molecule has 4 nitrogen and oxygen atoms in total. The summed E-state index contributed by atoms with van der Waals surface area (Å²) in [6.07, 6.45) is 0.761. The molecule has 9 aromatic carbocycles. The van der Waals surface area contributed by atoms with Crippen LogP contribution in [-0.2, 0) is 6.42 Å². The Kier molecular flexibility index (Phi) is 6.19. The lowest BCUT2D eigenvalue weighted by Crippen LogP contribution is -2.06. The first-order valence-electron chi connectivity index (χ1n) is 19.6. The summed E-state index contributed by atoms with van der Waals surface area (Å²) in [7, 11) is 0. The van der Waals surface area contributed by atoms with Crippen molar-refractivity contribution in [1.82, 2.24) is 19.1 Å².